The third-order valence-corrected chi connectivity index (χ3v) is 5.23. The number of primary amides is 1. The minimum Gasteiger partial charge on any atom is -0.369 e. The summed E-state index contributed by atoms with van der Waals surface area (Å²) in [4.78, 5) is 16.3. The Morgan fingerprint density at radius 3 is 2.35 bits per heavy atom. The van der Waals surface area contributed by atoms with Gasteiger partial charge in [0.2, 0.25) is 5.91 Å². The van der Waals surface area contributed by atoms with E-state index in [1.165, 1.54) is 27.9 Å². The zero-order valence-corrected chi connectivity index (χ0v) is 16.0. The van der Waals surface area contributed by atoms with Gasteiger partial charge in [-0.25, -0.2) is 0 Å². The summed E-state index contributed by atoms with van der Waals surface area (Å²) in [5, 5.41) is 0. The second kappa shape index (κ2) is 7.92. The number of aryl methyl sites for hydroxylation is 3. The standard InChI is InChI=1S/C22H29N3O/c1-16-11-17(2)22(18(3)12-16)25-10-9-24(15-21(23)26)20(14-25)13-19-7-5-4-6-8-19/h4-8,11-12,20H,9-10,13-15H2,1-3H3,(H2,23,26)/t20-/m1/s1. The number of hydrogen-bond donors (Lipinski definition) is 1. The number of amides is 1. The SMILES string of the molecule is Cc1cc(C)c(N2CCN(CC(N)=O)[C@H](Cc3ccccc3)C2)c(C)c1. The largest absolute Gasteiger partial charge is 0.369 e. The molecule has 1 fully saturated rings. The molecule has 1 atom stereocenters. The first-order valence-electron chi connectivity index (χ1n) is 9.33. The number of nitrogens with two attached hydrogens (primary N) is 1. The van der Waals surface area contributed by atoms with Gasteiger partial charge in [-0.15, -0.1) is 0 Å². The van der Waals surface area contributed by atoms with E-state index in [-0.39, 0.29) is 11.9 Å². The number of rotatable bonds is 5. The van der Waals surface area contributed by atoms with Gasteiger partial charge in [0.05, 0.1) is 6.54 Å². The van der Waals surface area contributed by atoms with Crippen LogP contribution in [0.25, 0.3) is 0 Å². The van der Waals surface area contributed by atoms with E-state index in [2.05, 4.69) is 67.0 Å². The van der Waals surface area contributed by atoms with Crippen molar-refractivity contribution in [2.24, 2.45) is 5.73 Å². The maximum absolute atomic E-state index is 11.5. The van der Waals surface area contributed by atoms with E-state index in [0.29, 0.717) is 6.54 Å². The van der Waals surface area contributed by atoms with Gasteiger partial charge >= 0.3 is 0 Å². The van der Waals surface area contributed by atoms with Crippen LogP contribution >= 0.6 is 0 Å². The molecular weight excluding hydrogens is 322 g/mol. The summed E-state index contributed by atoms with van der Waals surface area (Å²) >= 11 is 0. The van der Waals surface area contributed by atoms with Gasteiger partial charge in [0, 0.05) is 31.4 Å². The van der Waals surface area contributed by atoms with E-state index >= 15 is 0 Å². The predicted molar refractivity (Wildman–Crippen MR) is 108 cm³/mol. The Hall–Kier alpha value is -2.33. The van der Waals surface area contributed by atoms with Crippen molar-refractivity contribution in [1.82, 2.24) is 4.90 Å². The molecule has 4 heteroatoms. The summed E-state index contributed by atoms with van der Waals surface area (Å²) < 4.78 is 0. The topological polar surface area (TPSA) is 49.6 Å². The monoisotopic (exact) mass is 351 g/mol. The summed E-state index contributed by atoms with van der Waals surface area (Å²) in [6, 6.07) is 15.3. The molecule has 0 bridgehead atoms. The van der Waals surface area contributed by atoms with E-state index in [1.54, 1.807) is 0 Å². The third-order valence-electron chi connectivity index (χ3n) is 5.23. The zero-order chi connectivity index (χ0) is 18.7. The van der Waals surface area contributed by atoms with E-state index in [4.69, 9.17) is 5.73 Å². The Morgan fingerprint density at radius 2 is 1.73 bits per heavy atom. The second-order valence-corrected chi connectivity index (χ2v) is 7.47. The molecule has 0 aromatic heterocycles. The summed E-state index contributed by atoms with van der Waals surface area (Å²) in [7, 11) is 0. The summed E-state index contributed by atoms with van der Waals surface area (Å²) in [5.41, 5.74) is 12.1. The first-order valence-corrected chi connectivity index (χ1v) is 9.33. The second-order valence-electron chi connectivity index (χ2n) is 7.47. The summed E-state index contributed by atoms with van der Waals surface area (Å²) in [5.74, 6) is -0.251. The number of carbonyl (C=O) groups is 1. The Morgan fingerprint density at radius 1 is 1.08 bits per heavy atom. The molecule has 0 spiro atoms. The lowest BCUT2D eigenvalue weighted by atomic mass is 9.99. The molecule has 0 saturated carbocycles. The average Bonchev–Trinajstić information content (AvgIpc) is 2.57. The van der Waals surface area contributed by atoms with Gasteiger partial charge in [0.25, 0.3) is 0 Å². The van der Waals surface area contributed by atoms with Crippen molar-refractivity contribution in [3.8, 4) is 0 Å². The fourth-order valence-electron chi connectivity index (χ4n) is 4.26. The van der Waals surface area contributed by atoms with Crippen molar-refractivity contribution in [2.45, 2.75) is 33.2 Å². The quantitative estimate of drug-likeness (QED) is 0.901. The Kier molecular flexibility index (Phi) is 5.62. The molecule has 2 aromatic carbocycles. The maximum atomic E-state index is 11.5. The van der Waals surface area contributed by atoms with E-state index in [1.807, 2.05) is 6.07 Å². The van der Waals surface area contributed by atoms with Crippen LogP contribution in [-0.4, -0.2) is 43.0 Å². The predicted octanol–water partition coefficient (Wildman–Crippen LogP) is 2.83. The molecule has 2 N–H and O–H groups in total. The van der Waals surface area contributed by atoms with E-state index < -0.39 is 0 Å². The highest BCUT2D eigenvalue weighted by Gasteiger charge is 2.29. The van der Waals surface area contributed by atoms with Crippen molar-refractivity contribution >= 4 is 11.6 Å². The van der Waals surface area contributed by atoms with Gasteiger partial charge in [0.15, 0.2) is 0 Å². The smallest absolute Gasteiger partial charge is 0.231 e. The Balaban J connectivity index is 1.84. The number of benzene rings is 2. The highest BCUT2D eigenvalue weighted by Crippen LogP contribution is 2.29. The number of nitrogens with zero attached hydrogens (tertiary/aromatic N) is 2. The molecule has 3 rings (SSSR count). The minimum atomic E-state index is -0.251. The molecule has 26 heavy (non-hydrogen) atoms. The maximum Gasteiger partial charge on any atom is 0.231 e. The Bertz CT molecular complexity index is 749. The van der Waals surface area contributed by atoms with E-state index in [9.17, 15) is 4.79 Å². The number of anilines is 1. The van der Waals surface area contributed by atoms with Crippen LogP contribution in [0.1, 0.15) is 22.3 Å². The summed E-state index contributed by atoms with van der Waals surface area (Å²) in [6.45, 7) is 9.54. The van der Waals surface area contributed by atoms with Crippen LogP contribution in [0.15, 0.2) is 42.5 Å². The van der Waals surface area contributed by atoms with Gasteiger partial charge < -0.3 is 10.6 Å². The number of hydrogen-bond acceptors (Lipinski definition) is 3. The van der Waals surface area contributed by atoms with Gasteiger partial charge in [-0.2, -0.15) is 0 Å². The van der Waals surface area contributed by atoms with Crippen molar-refractivity contribution in [3.63, 3.8) is 0 Å². The van der Waals surface area contributed by atoms with Gasteiger partial charge in [0.1, 0.15) is 0 Å². The number of piperazine rings is 1. The van der Waals surface area contributed by atoms with Crippen molar-refractivity contribution in [3.05, 3.63) is 64.7 Å². The zero-order valence-electron chi connectivity index (χ0n) is 16.0. The van der Waals surface area contributed by atoms with Crippen LogP contribution in [0, 0.1) is 20.8 Å². The fourth-order valence-corrected chi connectivity index (χ4v) is 4.26. The molecule has 1 saturated heterocycles. The van der Waals surface area contributed by atoms with Gasteiger partial charge in [-0.1, -0.05) is 48.0 Å². The van der Waals surface area contributed by atoms with Crippen LogP contribution in [0.4, 0.5) is 5.69 Å². The molecule has 138 valence electrons. The molecule has 1 aliphatic heterocycles. The highest BCUT2D eigenvalue weighted by molar-refractivity contribution is 5.76. The average molecular weight is 351 g/mol. The van der Waals surface area contributed by atoms with Crippen molar-refractivity contribution in [1.29, 1.82) is 0 Å². The van der Waals surface area contributed by atoms with Crippen LogP contribution in [-0.2, 0) is 11.2 Å². The van der Waals surface area contributed by atoms with Crippen LogP contribution in [0.2, 0.25) is 0 Å². The van der Waals surface area contributed by atoms with E-state index in [0.717, 1.165) is 26.1 Å². The first kappa shape index (κ1) is 18.5. The molecule has 0 radical (unpaired) electrons. The minimum absolute atomic E-state index is 0.251. The van der Waals surface area contributed by atoms with Gasteiger partial charge in [-0.3, -0.25) is 9.69 Å². The molecule has 1 amide bonds. The molecule has 1 aliphatic rings. The van der Waals surface area contributed by atoms with Crippen LogP contribution in [0.3, 0.4) is 0 Å². The van der Waals surface area contributed by atoms with Crippen LogP contribution < -0.4 is 10.6 Å². The van der Waals surface area contributed by atoms with Crippen LogP contribution in [0.5, 0.6) is 0 Å². The molecule has 4 nitrogen and oxygen atoms in total. The fraction of sp³-hybridized carbons (Fsp3) is 0.409. The first-order chi connectivity index (χ1) is 12.4. The lowest BCUT2D eigenvalue weighted by Gasteiger charge is -2.43. The van der Waals surface area contributed by atoms with Gasteiger partial charge in [-0.05, 0) is 43.9 Å². The molecule has 2 aromatic rings. The number of carbonyl (C=O) groups excluding carboxylic acids is 1. The molecule has 1 heterocycles. The normalized spacial score (nSPS) is 18.1. The Labute approximate surface area is 156 Å². The lowest BCUT2D eigenvalue weighted by Crippen LogP contribution is -2.56. The molecule has 0 unspecified atom stereocenters. The molecule has 0 aliphatic carbocycles. The lowest BCUT2D eigenvalue weighted by molar-refractivity contribution is -0.119. The van der Waals surface area contributed by atoms with Crippen molar-refractivity contribution < 1.29 is 4.79 Å². The molecular formula is C22H29N3O. The highest BCUT2D eigenvalue weighted by atomic mass is 16.1. The third kappa shape index (κ3) is 4.25. The summed E-state index contributed by atoms with van der Waals surface area (Å²) in [6.07, 6.45) is 0.925. The van der Waals surface area contributed by atoms with Crippen molar-refractivity contribution in [2.75, 3.05) is 31.1 Å².